The van der Waals surface area contributed by atoms with Gasteiger partial charge in [0.05, 0.1) is 21.3 Å². The Morgan fingerprint density at radius 3 is 2.43 bits per heavy atom. The summed E-state index contributed by atoms with van der Waals surface area (Å²) in [7, 11) is 4.72. The maximum absolute atomic E-state index is 12.1. The molecule has 0 radical (unpaired) electrons. The highest BCUT2D eigenvalue weighted by molar-refractivity contribution is 6.04. The number of methoxy groups -OCH3 is 3. The Labute approximate surface area is 135 Å². The second kappa shape index (κ2) is 7.89. The minimum Gasteiger partial charge on any atom is -0.497 e. The molecule has 0 heterocycles. The summed E-state index contributed by atoms with van der Waals surface area (Å²) in [4.78, 5) is 12.1. The first-order valence-electron chi connectivity index (χ1n) is 7.01. The van der Waals surface area contributed by atoms with Crippen LogP contribution in [0.25, 0.3) is 0 Å². The fraction of sp³-hybridized carbons (Fsp3) is 0.167. The van der Waals surface area contributed by atoms with Crippen molar-refractivity contribution in [2.24, 2.45) is 0 Å². The van der Waals surface area contributed by atoms with Crippen molar-refractivity contribution in [3.63, 3.8) is 0 Å². The number of rotatable bonds is 7. The van der Waals surface area contributed by atoms with Gasteiger partial charge in [-0.15, -0.1) is 0 Å². The first-order valence-corrected chi connectivity index (χ1v) is 7.01. The summed E-state index contributed by atoms with van der Waals surface area (Å²) in [6.07, 6.45) is 3.05. The van der Waals surface area contributed by atoms with Crippen molar-refractivity contribution in [1.82, 2.24) is 0 Å². The largest absolute Gasteiger partial charge is 0.497 e. The van der Waals surface area contributed by atoms with Crippen LogP contribution in [0.15, 0.2) is 54.7 Å². The summed E-state index contributed by atoms with van der Waals surface area (Å²) in [6.45, 7) is 0. The number of hydrogen-bond acceptors (Lipinski definition) is 5. The van der Waals surface area contributed by atoms with Gasteiger partial charge >= 0.3 is 0 Å². The van der Waals surface area contributed by atoms with Gasteiger partial charge in [0.2, 0.25) is 0 Å². The molecule has 0 saturated carbocycles. The normalized spacial score (nSPS) is 10.4. The monoisotopic (exact) mass is 313 g/mol. The Kier molecular flexibility index (Phi) is 5.63. The van der Waals surface area contributed by atoms with Crippen LogP contribution in [0.2, 0.25) is 0 Å². The van der Waals surface area contributed by atoms with Crippen molar-refractivity contribution in [2.75, 3.05) is 26.6 Å². The van der Waals surface area contributed by atoms with Crippen molar-refractivity contribution < 1.29 is 19.0 Å². The van der Waals surface area contributed by atoms with E-state index < -0.39 is 0 Å². The molecule has 0 aliphatic heterocycles. The van der Waals surface area contributed by atoms with Gasteiger partial charge in [0.1, 0.15) is 5.75 Å². The molecule has 0 spiro atoms. The third-order valence-corrected chi connectivity index (χ3v) is 3.22. The third kappa shape index (κ3) is 4.26. The number of anilines is 1. The lowest BCUT2D eigenvalue weighted by Gasteiger charge is -2.09. The Morgan fingerprint density at radius 2 is 1.74 bits per heavy atom. The number of nitrogens with one attached hydrogen (secondary N) is 1. The molecule has 0 aromatic heterocycles. The van der Waals surface area contributed by atoms with Gasteiger partial charge in [0.15, 0.2) is 17.3 Å². The van der Waals surface area contributed by atoms with Gasteiger partial charge in [-0.2, -0.15) is 0 Å². The Hall–Kier alpha value is -2.95. The van der Waals surface area contributed by atoms with E-state index >= 15 is 0 Å². The summed E-state index contributed by atoms with van der Waals surface area (Å²) in [5.74, 6) is 1.80. The molecule has 0 amide bonds. The van der Waals surface area contributed by atoms with Gasteiger partial charge in [-0.1, -0.05) is 12.1 Å². The maximum atomic E-state index is 12.1. The molecule has 2 aromatic rings. The summed E-state index contributed by atoms with van der Waals surface area (Å²) in [5, 5.41) is 3.03. The lowest BCUT2D eigenvalue weighted by atomic mass is 10.1. The Morgan fingerprint density at radius 1 is 0.957 bits per heavy atom. The highest BCUT2D eigenvalue weighted by Crippen LogP contribution is 2.29. The van der Waals surface area contributed by atoms with Crippen LogP contribution in [-0.2, 0) is 0 Å². The summed E-state index contributed by atoms with van der Waals surface area (Å²) >= 11 is 0. The lowest BCUT2D eigenvalue weighted by molar-refractivity contribution is 0.104. The lowest BCUT2D eigenvalue weighted by Crippen LogP contribution is -1.97. The quantitative estimate of drug-likeness (QED) is 0.626. The molecular formula is C18H19NO4. The van der Waals surface area contributed by atoms with Crippen molar-refractivity contribution in [1.29, 1.82) is 0 Å². The van der Waals surface area contributed by atoms with Gasteiger partial charge < -0.3 is 19.5 Å². The van der Waals surface area contributed by atoms with E-state index in [1.165, 1.54) is 6.08 Å². The van der Waals surface area contributed by atoms with Gasteiger partial charge in [0, 0.05) is 29.6 Å². The number of carbonyl (C=O) groups is 1. The predicted molar refractivity (Wildman–Crippen MR) is 89.6 cm³/mol. The molecule has 0 aliphatic rings. The molecule has 120 valence electrons. The van der Waals surface area contributed by atoms with Crippen LogP contribution in [0.1, 0.15) is 10.4 Å². The molecule has 0 fully saturated rings. The van der Waals surface area contributed by atoms with E-state index in [1.807, 2.05) is 6.07 Å². The number of ether oxygens (including phenoxy) is 3. The molecule has 1 N–H and O–H groups in total. The molecule has 2 aromatic carbocycles. The van der Waals surface area contributed by atoms with Crippen LogP contribution in [0.5, 0.6) is 17.2 Å². The zero-order valence-electron chi connectivity index (χ0n) is 13.3. The second-order valence-corrected chi connectivity index (χ2v) is 4.64. The van der Waals surface area contributed by atoms with Crippen LogP contribution in [0.4, 0.5) is 5.69 Å². The topological polar surface area (TPSA) is 56.8 Å². The molecule has 0 atom stereocenters. The Balaban J connectivity index is 2.04. The van der Waals surface area contributed by atoms with Gasteiger partial charge in [0.25, 0.3) is 0 Å². The van der Waals surface area contributed by atoms with Gasteiger partial charge in [-0.05, 0) is 24.3 Å². The van der Waals surface area contributed by atoms with E-state index in [0.29, 0.717) is 22.8 Å². The average Bonchev–Trinajstić information content (AvgIpc) is 2.61. The summed E-state index contributed by atoms with van der Waals surface area (Å²) in [6, 6.07) is 12.4. The minimum atomic E-state index is -0.114. The number of benzene rings is 2. The Bertz CT molecular complexity index is 710. The zero-order valence-corrected chi connectivity index (χ0v) is 13.3. The van der Waals surface area contributed by atoms with Crippen LogP contribution >= 0.6 is 0 Å². The van der Waals surface area contributed by atoms with Crippen molar-refractivity contribution >= 4 is 11.5 Å². The second-order valence-electron chi connectivity index (χ2n) is 4.64. The van der Waals surface area contributed by atoms with Crippen molar-refractivity contribution in [3.8, 4) is 17.2 Å². The number of hydrogen-bond donors (Lipinski definition) is 1. The molecule has 0 aliphatic carbocycles. The smallest absolute Gasteiger partial charge is 0.187 e. The van der Waals surface area contributed by atoms with Crippen LogP contribution in [-0.4, -0.2) is 27.1 Å². The standard InChI is InChI=1S/C18H19NO4/c1-21-15-6-4-5-13(11-15)16(20)9-10-19-14-7-8-17(22-2)18(12-14)23-3/h4-12,19H,1-3H3. The number of allylic oxidation sites excluding steroid dienone is 1. The molecule has 0 unspecified atom stereocenters. The molecule has 5 heteroatoms. The van der Waals surface area contributed by atoms with Gasteiger partial charge in [-0.25, -0.2) is 0 Å². The van der Waals surface area contributed by atoms with E-state index in [2.05, 4.69) is 5.32 Å². The fourth-order valence-corrected chi connectivity index (χ4v) is 2.01. The van der Waals surface area contributed by atoms with E-state index in [-0.39, 0.29) is 5.78 Å². The third-order valence-electron chi connectivity index (χ3n) is 3.22. The molecule has 23 heavy (non-hydrogen) atoms. The maximum Gasteiger partial charge on any atom is 0.187 e. The van der Waals surface area contributed by atoms with Crippen LogP contribution in [0, 0.1) is 0 Å². The zero-order chi connectivity index (χ0) is 16.7. The highest BCUT2D eigenvalue weighted by atomic mass is 16.5. The summed E-state index contributed by atoms with van der Waals surface area (Å²) < 4.78 is 15.5. The minimum absolute atomic E-state index is 0.114. The van der Waals surface area contributed by atoms with Crippen molar-refractivity contribution in [3.05, 3.63) is 60.3 Å². The molecule has 5 nitrogen and oxygen atoms in total. The molecule has 0 saturated heterocycles. The molecule has 2 rings (SSSR count). The number of carbonyl (C=O) groups excluding carboxylic acids is 1. The van der Waals surface area contributed by atoms with Crippen molar-refractivity contribution in [2.45, 2.75) is 0 Å². The highest BCUT2D eigenvalue weighted by Gasteiger charge is 2.04. The van der Waals surface area contributed by atoms with E-state index in [1.54, 1.807) is 63.9 Å². The van der Waals surface area contributed by atoms with Crippen LogP contribution < -0.4 is 19.5 Å². The molecule has 0 bridgehead atoms. The first-order chi connectivity index (χ1) is 11.2. The SMILES string of the molecule is COc1cccc(C(=O)C=CNc2ccc(OC)c(OC)c2)c1. The van der Waals surface area contributed by atoms with E-state index in [9.17, 15) is 4.79 Å². The average molecular weight is 313 g/mol. The first kappa shape index (κ1) is 16.4. The fourth-order valence-electron chi connectivity index (χ4n) is 2.01. The predicted octanol–water partition coefficient (Wildman–Crippen LogP) is 3.52. The molecular weight excluding hydrogens is 294 g/mol. The van der Waals surface area contributed by atoms with Gasteiger partial charge in [-0.3, -0.25) is 4.79 Å². The van der Waals surface area contributed by atoms with E-state index in [0.717, 1.165) is 5.69 Å². The van der Waals surface area contributed by atoms with Crippen LogP contribution in [0.3, 0.4) is 0 Å². The van der Waals surface area contributed by atoms with E-state index in [4.69, 9.17) is 14.2 Å². The summed E-state index contributed by atoms with van der Waals surface area (Å²) in [5.41, 5.74) is 1.35. The number of ketones is 1.